The lowest BCUT2D eigenvalue weighted by Gasteiger charge is -2.19. The van der Waals surface area contributed by atoms with Gasteiger partial charge in [-0.15, -0.1) is 0 Å². The molecule has 0 spiro atoms. The van der Waals surface area contributed by atoms with Gasteiger partial charge in [-0.3, -0.25) is 9.78 Å². The van der Waals surface area contributed by atoms with Crippen LogP contribution in [0.5, 0.6) is 0 Å². The van der Waals surface area contributed by atoms with Gasteiger partial charge in [-0.1, -0.05) is 18.2 Å². The monoisotopic (exact) mass is 332 g/mol. The molecule has 0 bridgehead atoms. The third-order valence-corrected chi connectivity index (χ3v) is 4.56. The van der Waals surface area contributed by atoms with E-state index in [0.29, 0.717) is 17.3 Å². The first-order chi connectivity index (χ1) is 12.2. The molecule has 0 aliphatic heterocycles. The van der Waals surface area contributed by atoms with E-state index in [-0.39, 0.29) is 11.9 Å². The van der Waals surface area contributed by atoms with Crippen LogP contribution in [0.15, 0.2) is 55.0 Å². The zero-order valence-corrected chi connectivity index (χ0v) is 14.1. The Kier molecular flexibility index (Phi) is 4.06. The Morgan fingerprint density at radius 1 is 1.20 bits per heavy atom. The van der Waals surface area contributed by atoms with Gasteiger partial charge in [0.25, 0.3) is 5.91 Å². The standard InChI is InChI=1S/C20H20N4O/c1-13-8-9-21-17(12-13)18(14-6-7-14)24-20(25)16-5-3-2-4-15(16)19-22-10-11-23-19/h2-5,8-12,14,18H,6-7H2,1H3,(H,22,23)(H,24,25)/t18-/m1/s1. The quantitative estimate of drug-likeness (QED) is 0.749. The molecule has 25 heavy (non-hydrogen) atoms. The van der Waals surface area contributed by atoms with Crippen molar-refractivity contribution >= 4 is 5.91 Å². The predicted molar refractivity (Wildman–Crippen MR) is 95.9 cm³/mol. The fourth-order valence-electron chi connectivity index (χ4n) is 3.11. The number of nitrogens with zero attached hydrogens (tertiary/aromatic N) is 2. The van der Waals surface area contributed by atoms with E-state index in [1.807, 2.05) is 43.5 Å². The molecule has 126 valence electrons. The van der Waals surface area contributed by atoms with E-state index in [1.54, 1.807) is 12.4 Å². The fourth-order valence-corrected chi connectivity index (χ4v) is 3.11. The van der Waals surface area contributed by atoms with Crippen LogP contribution in [0.2, 0.25) is 0 Å². The Labute approximate surface area is 146 Å². The van der Waals surface area contributed by atoms with Crippen LogP contribution < -0.4 is 5.32 Å². The smallest absolute Gasteiger partial charge is 0.252 e. The van der Waals surface area contributed by atoms with Crippen LogP contribution in [-0.2, 0) is 0 Å². The molecule has 1 aromatic carbocycles. The Hall–Kier alpha value is -2.95. The number of carbonyl (C=O) groups is 1. The average molecular weight is 332 g/mol. The van der Waals surface area contributed by atoms with Crippen molar-refractivity contribution in [1.82, 2.24) is 20.3 Å². The minimum atomic E-state index is -0.0905. The zero-order valence-electron chi connectivity index (χ0n) is 14.1. The van der Waals surface area contributed by atoms with Crippen molar-refractivity contribution in [1.29, 1.82) is 0 Å². The Morgan fingerprint density at radius 2 is 2.04 bits per heavy atom. The van der Waals surface area contributed by atoms with Gasteiger partial charge in [-0.05, 0) is 49.4 Å². The first kappa shape index (κ1) is 15.6. The second-order valence-electron chi connectivity index (χ2n) is 6.53. The van der Waals surface area contributed by atoms with E-state index in [1.165, 1.54) is 0 Å². The summed E-state index contributed by atoms with van der Waals surface area (Å²) in [5, 5.41) is 3.20. The first-order valence-corrected chi connectivity index (χ1v) is 8.54. The van der Waals surface area contributed by atoms with Crippen LogP contribution in [0.25, 0.3) is 11.4 Å². The maximum atomic E-state index is 13.0. The summed E-state index contributed by atoms with van der Waals surface area (Å²) in [5.41, 5.74) is 3.51. The SMILES string of the molecule is Cc1ccnc([C@H](NC(=O)c2ccccc2-c2ncc[nH]2)C2CC2)c1. The highest BCUT2D eigenvalue weighted by atomic mass is 16.1. The number of rotatable bonds is 5. The minimum absolute atomic E-state index is 0.0444. The van der Waals surface area contributed by atoms with E-state index in [0.717, 1.165) is 29.7 Å². The number of imidazole rings is 1. The molecule has 2 aromatic heterocycles. The molecule has 4 rings (SSSR count). The number of hydrogen-bond donors (Lipinski definition) is 2. The molecule has 5 nitrogen and oxygen atoms in total. The lowest BCUT2D eigenvalue weighted by Crippen LogP contribution is -2.31. The molecular weight excluding hydrogens is 312 g/mol. The number of pyridine rings is 1. The Balaban J connectivity index is 1.63. The van der Waals surface area contributed by atoms with Gasteiger partial charge in [-0.25, -0.2) is 4.98 Å². The van der Waals surface area contributed by atoms with Gasteiger partial charge >= 0.3 is 0 Å². The summed E-state index contributed by atoms with van der Waals surface area (Å²) < 4.78 is 0. The number of aryl methyl sites for hydroxylation is 1. The summed E-state index contributed by atoms with van der Waals surface area (Å²) in [7, 11) is 0. The molecule has 5 heteroatoms. The van der Waals surface area contributed by atoms with E-state index in [4.69, 9.17) is 0 Å². The average Bonchev–Trinajstić information content (AvgIpc) is 3.32. The zero-order chi connectivity index (χ0) is 17.2. The van der Waals surface area contributed by atoms with E-state index in [9.17, 15) is 4.79 Å². The van der Waals surface area contributed by atoms with Crippen LogP contribution in [0.4, 0.5) is 0 Å². The van der Waals surface area contributed by atoms with Crippen molar-refractivity contribution in [3.63, 3.8) is 0 Å². The van der Waals surface area contributed by atoms with Crippen molar-refractivity contribution in [3.8, 4) is 11.4 Å². The molecule has 1 fully saturated rings. The van der Waals surface area contributed by atoms with Crippen LogP contribution in [0.3, 0.4) is 0 Å². The highest BCUT2D eigenvalue weighted by Gasteiger charge is 2.34. The van der Waals surface area contributed by atoms with Crippen molar-refractivity contribution in [2.24, 2.45) is 5.92 Å². The summed E-state index contributed by atoms with van der Waals surface area (Å²) in [6.07, 6.45) is 7.51. The molecule has 0 saturated heterocycles. The van der Waals surface area contributed by atoms with Crippen LogP contribution >= 0.6 is 0 Å². The van der Waals surface area contributed by atoms with E-state index in [2.05, 4.69) is 26.3 Å². The Bertz CT molecular complexity index is 884. The largest absolute Gasteiger partial charge is 0.345 e. The summed E-state index contributed by atoms with van der Waals surface area (Å²) >= 11 is 0. The molecule has 2 N–H and O–H groups in total. The topological polar surface area (TPSA) is 70.7 Å². The predicted octanol–water partition coefficient (Wildman–Crippen LogP) is 3.66. The number of hydrogen-bond acceptors (Lipinski definition) is 3. The lowest BCUT2D eigenvalue weighted by atomic mass is 10.0. The summed E-state index contributed by atoms with van der Waals surface area (Å²) in [4.78, 5) is 24.8. The maximum absolute atomic E-state index is 13.0. The van der Waals surface area contributed by atoms with Crippen molar-refractivity contribution in [3.05, 3.63) is 71.8 Å². The lowest BCUT2D eigenvalue weighted by molar-refractivity contribution is 0.0931. The molecule has 1 aliphatic rings. The van der Waals surface area contributed by atoms with Crippen molar-refractivity contribution < 1.29 is 4.79 Å². The third kappa shape index (κ3) is 3.31. The number of aromatic amines is 1. The van der Waals surface area contributed by atoms with Crippen LogP contribution in [0, 0.1) is 12.8 Å². The minimum Gasteiger partial charge on any atom is -0.345 e. The van der Waals surface area contributed by atoms with Crippen molar-refractivity contribution in [2.75, 3.05) is 0 Å². The van der Waals surface area contributed by atoms with Crippen LogP contribution in [-0.4, -0.2) is 20.9 Å². The van der Waals surface area contributed by atoms with Crippen molar-refractivity contribution in [2.45, 2.75) is 25.8 Å². The molecule has 0 unspecified atom stereocenters. The number of aromatic nitrogens is 3. The fraction of sp³-hybridized carbons (Fsp3) is 0.250. The number of nitrogens with one attached hydrogen (secondary N) is 2. The molecule has 1 amide bonds. The van der Waals surface area contributed by atoms with Gasteiger partial charge in [0.05, 0.1) is 17.3 Å². The van der Waals surface area contributed by atoms with E-state index >= 15 is 0 Å². The Morgan fingerprint density at radius 3 is 2.76 bits per heavy atom. The first-order valence-electron chi connectivity index (χ1n) is 8.54. The number of H-pyrrole nitrogens is 1. The van der Waals surface area contributed by atoms with Gasteiger partial charge in [-0.2, -0.15) is 0 Å². The van der Waals surface area contributed by atoms with Gasteiger partial charge < -0.3 is 10.3 Å². The van der Waals surface area contributed by atoms with Gasteiger partial charge in [0, 0.05) is 24.2 Å². The number of amides is 1. The second-order valence-corrected chi connectivity index (χ2v) is 6.53. The highest BCUT2D eigenvalue weighted by molar-refractivity contribution is 6.00. The summed E-state index contributed by atoms with van der Waals surface area (Å²) in [5.74, 6) is 1.07. The van der Waals surface area contributed by atoms with E-state index < -0.39 is 0 Å². The number of carbonyl (C=O) groups excluding carboxylic acids is 1. The third-order valence-electron chi connectivity index (χ3n) is 4.56. The molecule has 3 aromatic rings. The molecule has 1 saturated carbocycles. The van der Waals surface area contributed by atoms with Gasteiger partial charge in [0.2, 0.25) is 0 Å². The number of benzene rings is 1. The summed E-state index contributed by atoms with van der Waals surface area (Å²) in [6, 6.07) is 11.5. The summed E-state index contributed by atoms with van der Waals surface area (Å²) in [6.45, 7) is 2.04. The van der Waals surface area contributed by atoms with Gasteiger partial charge in [0.1, 0.15) is 5.82 Å². The highest BCUT2D eigenvalue weighted by Crippen LogP contribution is 2.40. The molecule has 1 atom stereocenters. The molecule has 1 aliphatic carbocycles. The molecular formula is C20H20N4O. The molecule has 0 radical (unpaired) electrons. The normalized spacial score (nSPS) is 14.9. The maximum Gasteiger partial charge on any atom is 0.252 e. The second kappa shape index (κ2) is 6.51. The van der Waals surface area contributed by atoms with Crippen LogP contribution in [0.1, 0.15) is 40.5 Å². The van der Waals surface area contributed by atoms with Gasteiger partial charge in [0.15, 0.2) is 0 Å². The molecule has 2 heterocycles.